The summed E-state index contributed by atoms with van der Waals surface area (Å²) in [6.45, 7) is 11.5. The standard InChI is InChI=1S/C19H25NP/c1-14(2)21(15(3)4)19-12-11-16(5)13-18(19)20-17-9-7-6-8-10-17/h6-15H,1-5H3/q-1. The topological polar surface area (TPSA) is 14.1 Å². The van der Waals surface area contributed by atoms with Crippen molar-refractivity contribution in [1.29, 1.82) is 0 Å². The number of benzene rings is 2. The quantitative estimate of drug-likeness (QED) is 0.579. The highest BCUT2D eigenvalue weighted by molar-refractivity contribution is 7.67. The van der Waals surface area contributed by atoms with Crippen molar-refractivity contribution in [3.05, 3.63) is 59.4 Å². The van der Waals surface area contributed by atoms with Gasteiger partial charge in [0.15, 0.2) is 0 Å². The zero-order chi connectivity index (χ0) is 15.4. The van der Waals surface area contributed by atoms with E-state index in [0.29, 0.717) is 11.3 Å². The smallest absolute Gasteiger partial charge is 0.0224 e. The van der Waals surface area contributed by atoms with Crippen LogP contribution < -0.4 is 5.30 Å². The van der Waals surface area contributed by atoms with Gasteiger partial charge in [-0.1, -0.05) is 89.7 Å². The van der Waals surface area contributed by atoms with E-state index in [1.165, 1.54) is 10.9 Å². The zero-order valence-corrected chi connectivity index (χ0v) is 14.6. The molecule has 0 aromatic heterocycles. The molecule has 0 unspecified atom stereocenters. The molecule has 2 rings (SSSR count). The van der Waals surface area contributed by atoms with E-state index in [-0.39, 0.29) is 7.92 Å². The van der Waals surface area contributed by atoms with Crippen molar-refractivity contribution in [2.75, 3.05) is 0 Å². The van der Waals surface area contributed by atoms with Crippen LogP contribution in [0.15, 0.2) is 48.5 Å². The van der Waals surface area contributed by atoms with Crippen LogP contribution >= 0.6 is 7.92 Å². The van der Waals surface area contributed by atoms with E-state index in [4.69, 9.17) is 5.32 Å². The molecule has 0 radical (unpaired) electrons. The predicted octanol–water partition coefficient (Wildman–Crippen LogP) is 6.26. The van der Waals surface area contributed by atoms with Crippen molar-refractivity contribution < 1.29 is 0 Å². The van der Waals surface area contributed by atoms with Gasteiger partial charge >= 0.3 is 0 Å². The molecule has 1 nitrogen and oxygen atoms in total. The van der Waals surface area contributed by atoms with Gasteiger partial charge < -0.3 is 5.32 Å². The number of aryl methyl sites for hydroxylation is 1. The molecule has 0 amide bonds. The SMILES string of the molecule is Cc1ccc(P(C(C)C)C(C)C)c([N-]c2ccccc2)c1. The molecule has 2 aromatic rings. The first-order valence-corrected chi connectivity index (χ1v) is 9.13. The number of nitrogens with zero attached hydrogens (tertiary/aromatic N) is 1. The maximum absolute atomic E-state index is 4.90. The Morgan fingerprint density at radius 3 is 2.05 bits per heavy atom. The predicted molar refractivity (Wildman–Crippen MR) is 97.1 cm³/mol. The molecule has 0 fully saturated rings. The van der Waals surface area contributed by atoms with Crippen molar-refractivity contribution in [2.45, 2.75) is 45.9 Å². The molecule has 0 spiro atoms. The lowest BCUT2D eigenvalue weighted by atomic mass is 10.2. The Morgan fingerprint density at radius 1 is 0.857 bits per heavy atom. The minimum atomic E-state index is -0.197. The Balaban J connectivity index is 2.42. The third kappa shape index (κ3) is 4.08. The number of para-hydroxylation sites is 1. The largest absolute Gasteiger partial charge is 0.657 e. The molecule has 0 aliphatic rings. The molecular weight excluding hydrogens is 273 g/mol. The Bertz CT molecular complexity index is 567. The van der Waals surface area contributed by atoms with Gasteiger partial charge in [-0.25, -0.2) is 0 Å². The van der Waals surface area contributed by atoms with E-state index in [9.17, 15) is 0 Å². The van der Waals surface area contributed by atoms with Crippen molar-refractivity contribution in [3.8, 4) is 0 Å². The highest BCUT2D eigenvalue weighted by Crippen LogP contribution is 2.48. The van der Waals surface area contributed by atoms with Gasteiger partial charge in [0.25, 0.3) is 0 Å². The first kappa shape index (κ1) is 16.0. The first-order chi connectivity index (χ1) is 9.99. The van der Waals surface area contributed by atoms with Crippen molar-refractivity contribution in [1.82, 2.24) is 0 Å². The van der Waals surface area contributed by atoms with Crippen LogP contribution in [0.25, 0.3) is 5.32 Å². The summed E-state index contributed by atoms with van der Waals surface area (Å²) >= 11 is 0. The van der Waals surface area contributed by atoms with Crippen molar-refractivity contribution >= 4 is 24.6 Å². The summed E-state index contributed by atoms with van der Waals surface area (Å²) in [5.74, 6) is 0. The lowest BCUT2D eigenvalue weighted by molar-refractivity contribution is 1.02. The van der Waals surface area contributed by atoms with Gasteiger partial charge in [0, 0.05) is 0 Å². The number of hydrogen-bond donors (Lipinski definition) is 0. The first-order valence-electron chi connectivity index (χ1n) is 7.65. The fourth-order valence-electron chi connectivity index (χ4n) is 2.74. The molecule has 0 heterocycles. The molecule has 2 aromatic carbocycles. The summed E-state index contributed by atoms with van der Waals surface area (Å²) < 4.78 is 0. The van der Waals surface area contributed by atoms with Crippen molar-refractivity contribution in [2.24, 2.45) is 0 Å². The molecule has 0 saturated carbocycles. The lowest BCUT2D eigenvalue weighted by Crippen LogP contribution is -2.15. The second-order valence-corrected chi connectivity index (χ2v) is 9.40. The number of hydrogen-bond acceptors (Lipinski definition) is 0. The van der Waals surface area contributed by atoms with Gasteiger partial charge in [0.05, 0.1) is 0 Å². The van der Waals surface area contributed by atoms with Crippen LogP contribution in [-0.2, 0) is 0 Å². The maximum Gasteiger partial charge on any atom is -0.0224 e. The van der Waals surface area contributed by atoms with Gasteiger partial charge in [0.2, 0.25) is 0 Å². The molecule has 0 N–H and O–H groups in total. The second kappa shape index (κ2) is 7.09. The Kier molecular flexibility index (Phi) is 5.42. The third-order valence-electron chi connectivity index (χ3n) is 3.53. The van der Waals surface area contributed by atoms with Crippen LogP contribution in [0.3, 0.4) is 0 Å². The molecule has 0 aliphatic heterocycles. The van der Waals surface area contributed by atoms with Gasteiger partial charge in [-0.05, 0) is 23.5 Å². The van der Waals surface area contributed by atoms with Gasteiger partial charge in [0.1, 0.15) is 0 Å². The molecule has 0 bridgehead atoms. The van der Waals surface area contributed by atoms with E-state index in [0.717, 1.165) is 11.4 Å². The third-order valence-corrected chi connectivity index (χ3v) is 6.69. The molecule has 0 aliphatic carbocycles. The summed E-state index contributed by atoms with van der Waals surface area (Å²) in [6.07, 6.45) is 0. The normalized spacial score (nSPS) is 11.4. The van der Waals surface area contributed by atoms with E-state index >= 15 is 0 Å². The number of rotatable bonds is 5. The molecule has 2 heteroatoms. The highest BCUT2D eigenvalue weighted by atomic mass is 31.1. The average molecular weight is 298 g/mol. The van der Waals surface area contributed by atoms with Crippen LogP contribution in [0, 0.1) is 6.92 Å². The lowest BCUT2D eigenvalue weighted by Gasteiger charge is -2.34. The second-order valence-electron chi connectivity index (χ2n) is 6.03. The van der Waals surface area contributed by atoms with E-state index in [2.05, 4.69) is 65.0 Å². The summed E-state index contributed by atoms with van der Waals surface area (Å²) in [7, 11) is -0.197. The Labute approximate surface area is 130 Å². The summed E-state index contributed by atoms with van der Waals surface area (Å²) in [6, 6.07) is 17.0. The fourth-order valence-corrected chi connectivity index (χ4v) is 5.67. The molecule has 21 heavy (non-hydrogen) atoms. The summed E-state index contributed by atoms with van der Waals surface area (Å²) in [4.78, 5) is 0. The van der Waals surface area contributed by atoms with Crippen LogP contribution in [-0.4, -0.2) is 11.3 Å². The molecular formula is C19H25NP-. The Hall–Kier alpha value is -1.33. The minimum Gasteiger partial charge on any atom is -0.657 e. The Morgan fingerprint density at radius 2 is 1.48 bits per heavy atom. The fraction of sp³-hybridized carbons (Fsp3) is 0.368. The van der Waals surface area contributed by atoms with E-state index < -0.39 is 0 Å². The van der Waals surface area contributed by atoms with Crippen LogP contribution in [0.5, 0.6) is 0 Å². The van der Waals surface area contributed by atoms with E-state index in [1.54, 1.807) is 0 Å². The maximum atomic E-state index is 4.90. The van der Waals surface area contributed by atoms with Crippen LogP contribution in [0.2, 0.25) is 0 Å². The van der Waals surface area contributed by atoms with Crippen molar-refractivity contribution in [3.63, 3.8) is 0 Å². The van der Waals surface area contributed by atoms with E-state index in [1.807, 2.05) is 18.2 Å². The molecule has 112 valence electrons. The van der Waals surface area contributed by atoms with Crippen LogP contribution in [0.4, 0.5) is 11.4 Å². The van der Waals surface area contributed by atoms with Crippen LogP contribution in [0.1, 0.15) is 33.3 Å². The zero-order valence-electron chi connectivity index (χ0n) is 13.7. The monoisotopic (exact) mass is 298 g/mol. The molecule has 0 atom stereocenters. The summed E-state index contributed by atoms with van der Waals surface area (Å²) in [5.41, 5.74) is 4.80. The van der Waals surface area contributed by atoms with Gasteiger partial charge in [-0.15, -0.1) is 11.4 Å². The summed E-state index contributed by atoms with van der Waals surface area (Å²) in [5, 5.41) is 6.34. The highest BCUT2D eigenvalue weighted by Gasteiger charge is 2.19. The molecule has 0 saturated heterocycles. The average Bonchev–Trinajstić information content (AvgIpc) is 2.42. The minimum absolute atomic E-state index is 0.197. The van der Waals surface area contributed by atoms with Gasteiger partial charge in [-0.3, -0.25) is 0 Å². The van der Waals surface area contributed by atoms with Gasteiger partial charge in [-0.2, -0.15) is 0 Å².